The first kappa shape index (κ1) is 15.1. The average Bonchev–Trinajstić information content (AvgIpc) is 2.83. The topological polar surface area (TPSA) is 12.0 Å². The Morgan fingerprint density at radius 2 is 2.05 bits per heavy atom. The maximum atomic E-state index is 13.8. The van der Waals surface area contributed by atoms with E-state index in [-0.39, 0.29) is 6.04 Å². The Labute approximate surface area is 122 Å². The van der Waals surface area contributed by atoms with E-state index in [2.05, 4.69) is 30.6 Å². The predicted octanol–water partition coefficient (Wildman–Crippen LogP) is 4.62. The number of benzene rings is 1. The Hall–Kier alpha value is -1.26. The molecule has 2 rings (SSSR count). The minimum atomic E-state index is -0.532. The fourth-order valence-corrected chi connectivity index (χ4v) is 2.94. The van der Waals surface area contributed by atoms with Gasteiger partial charge in [-0.05, 0) is 54.9 Å². The molecule has 0 saturated heterocycles. The zero-order chi connectivity index (χ0) is 14.5. The summed E-state index contributed by atoms with van der Waals surface area (Å²) in [6.45, 7) is 5.04. The van der Waals surface area contributed by atoms with Crippen molar-refractivity contribution in [2.75, 3.05) is 6.54 Å². The zero-order valence-electron chi connectivity index (χ0n) is 11.7. The lowest BCUT2D eigenvalue weighted by atomic mass is 10.00. The number of thiophene rings is 1. The third kappa shape index (κ3) is 3.87. The summed E-state index contributed by atoms with van der Waals surface area (Å²) in [6, 6.07) is 5.99. The zero-order valence-corrected chi connectivity index (χ0v) is 12.6. The van der Waals surface area contributed by atoms with E-state index < -0.39 is 11.6 Å². The van der Waals surface area contributed by atoms with Gasteiger partial charge >= 0.3 is 0 Å². The lowest BCUT2D eigenvalue weighted by Crippen LogP contribution is -2.24. The highest BCUT2D eigenvalue weighted by atomic mass is 32.1. The van der Waals surface area contributed by atoms with E-state index in [0.717, 1.165) is 19.0 Å². The Morgan fingerprint density at radius 3 is 2.65 bits per heavy atom. The van der Waals surface area contributed by atoms with Gasteiger partial charge in [-0.3, -0.25) is 0 Å². The summed E-state index contributed by atoms with van der Waals surface area (Å²) in [4.78, 5) is 1.24. The largest absolute Gasteiger partial charge is 0.310 e. The first-order valence-corrected chi connectivity index (χ1v) is 7.70. The maximum absolute atomic E-state index is 13.8. The van der Waals surface area contributed by atoms with Crippen molar-refractivity contribution in [3.05, 3.63) is 57.3 Å². The van der Waals surface area contributed by atoms with Gasteiger partial charge in [-0.15, -0.1) is 11.3 Å². The molecule has 1 heterocycles. The maximum Gasteiger partial charge on any atom is 0.129 e. The fourth-order valence-electron chi connectivity index (χ4n) is 2.18. The van der Waals surface area contributed by atoms with Crippen molar-refractivity contribution < 1.29 is 8.78 Å². The summed E-state index contributed by atoms with van der Waals surface area (Å²) in [5.74, 6) is -1.00. The van der Waals surface area contributed by atoms with E-state index in [1.54, 1.807) is 11.3 Å². The van der Waals surface area contributed by atoms with Crippen LogP contribution < -0.4 is 5.32 Å². The minimum absolute atomic E-state index is 0.0693. The van der Waals surface area contributed by atoms with Crippen LogP contribution >= 0.6 is 11.3 Å². The molecule has 0 aliphatic heterocycles. The van der Waals surface area contributed by atoms with Crippen molar-refractivity contribution in [3.8, 4) is 0 Å². The summed E-state index contributed by atoms with van der Waals surface area (Å²) < 4.78 is 26.7. The van der Waals surface area contributed by atoms with Gasteiger partial charge in [-0.1, -0.05) is 13.0 Å². The van der Waals surface area contributed by atoms with Crippen LogP contribution in [0, 0.1) is 18.6 Å². The Bertz CT molecular complexity index is 565. The number of hydrogen-bond donors (Lipinski definition) is 1. The van der Waals surface area contributed by atoms with Crippen molar-refractivity contribution in [2.24, 2.45) is 0 Å². The van der Waals surface area contributed by atoms with Crippen molar-refractivity contribution >= 4 is 11.3 Å². The van der Waals surface area contributed by atoms with Crippen LogP contribution in [0.25, 0.3) is 0 Å². The summed E-state index contributed by atoms with van der Waals surface area (Å²) in [5.41, 5.74) is 1.72. The van der Waals surface area contributed by atoms with Gasteiger partial charge < -0.3 is 5.32 Å². The van der Waals surface area contributed by atoms with Crippen LogP contribution in [0.4, 0.5) is 8.78 Å². The van der Waals surface area contributed by atoms with E-state index in [4.69, 9.17) is 0 Å². The molecule has 1 atom stereocenters. The molecule has 0 aliphatic rings. The third-order valence-electron chi connectivity index (χ3n) is 3.23. The van der Waals surface area contributed by atoms with Crippen molar-refractivity contribution in [2.45, 2.75) is 32.7 Å². The van der Waals surface area contributed by atoms with Gasteiger partial charge in [-0.25, -0.2) is 8.78 Å². The van der Waals surface area contributed by atoms with E-state index in [0.29, 0.717) is 12.0 Å². The van der Waals surface area contributed by atoms with Crippen molar-refractivity contribution in [1.82, 2.24) is 5.32 Å². The summed E-state index contributed by atoms with van der Waals surface area (Å²) in [6.07, 6.45) is 1.55. The summed E-state index contributed by atoms with van der Waals surface area (Å²) in [5, 5.41) is 5.54. The molecule has 108 valence electrons. The molecule has 1 unspecified atom stereocenters. The number of nitrogens with one attached hydrogen (secondary N) is 1. The van der Waals surface area contributed by atoms with Crippen LogP contribution in [0.15, 0.2) is 29.6 Å². The molecule has 4 heteroatoms. The van der Waals surface area contributed by atoms with Crippen LogP contribution in [0.3, 0.4) is 0 Å². The molecular weight excluding hydrogens is 276 g/mol. The second-order valence-corrected chi connectivity index (χ2v) is 6.05. The predicted molar refractivity (Wildman–Crippen MR) is 80.2 cm³/mol. The van der Waals surface area contributed by atoms with Crippen LogP contribution in [0.2, 0.25) is 0 Å². The van der Waals surface area contributed by atoms with Gasteiger partial charge in [0.25, 0.3) is 0 Å². The van der Waals surface area contributed by atoms with Crippen LogP contribution in [-0.4, -0.2) is 6.54 Å². The average molecular weight is 295 g/mol. The number of hydrogen-bond acceptors (Lipinski definition) is 2. The van der Waals surface area contributed by atoms with E-state index in [1.165, 1.54) is 22.6 Å². The molecule has 0 spiro atoms. The fraction of sp³-hybridized carbons (Fsp3) is 0.375. The van der Waals surface area contributed by atoms with Gasteiger partial charge in [0, 0.05) is 17.0 Å². The normalized spacial score (nSPS) is 12.6. The molecule has 1 nitrogen and oxygen atoms in total. The molecular formula is C16H19F2NS. The SMILES string of the molecule is CCCNC(Cc1ccc(F)cc1F)c1csc(C)c1. The van der Waals surface area contributed by atoms with Crippen LogP contribution in [0.1, 0.15) is 35.4 Å². The molecule has 20 heavy (non-hydrogen) atoms. The lowest BCUT2D eigenvalue weighted by Gasteiger charge is -2.18. The van der Waals surface area contributed by atoms with E-state index in [1.807, 2.05) is 0 Å². The highest BCUT2D eigenvalue weighted by Gasteiger charge is 2.15. The Kier molecular flexibility index (Phi) is 5.26. The van der Waals surface area contributed by atoms with Gasteiger partial charge in [0.15, 0.2) is 0 Å². The molecule has 2 aromatic rings. The van der Waals surface area contributed by atoms with E-state index in [9.17, 15) is 8.78 Å². The Balaban J connectivity index is 2.18. The second kappa shape index (κ2) is 6.95. The number of halogens is 2. The summed E-state index contributed by atoms with van der Waals surface area (Å²) >= 11 is 1.69. The molecule has 1 aromatic heterocycles. The molecule has 1 N–H and O–H groups in total. The van der Waals surface area contributed by atoms with E-state index >= 15 is 0 Å². The lowest BCUT2D eigenvalue weighted by molar-refractivity contribution is 0.509. The van der Waals surface area contributed by atoms with Crippen LogP contribution in [-0.2, 0) is 6.42 Å². The second-order valence-electron chi connectivity index (χ2n) is 4.94. The smallest absolute Gasteiger partial charge is 0.129 e. The molecule has 1 aromatic carbocycles. The van der Waals surface area contributed by atoms with Gasteiger partial charge in [0.1, 0.15) is 11.6 Å². The van der Waals surface area contributed by atoms with Crippen LogP contribution in [0.5, 0.6) is 0 Å². The first-order chi connectivity index (χ1) is 9.60. The standard InChI is InChI=1S/C16H19F2NS/c1-3-6-19-16(13-7-11(2)20-10-13)8-12-4-5-14(17)9-15(12)18/h4-5,7,9-10,16,19H,3,6,8H2,1-2H3. The molecule has 0 amide bonds. The Morgan fingerprint density at radius 1 is 1.25 bits per heavy atom. The first-order valence-electron chi connectivity index (χ1n) is 6.82. The molecule has 0 saturated carbocycles. The van der Waals surface area contributed by atoms with Gasteiger partial charge in [0.05, 0.1) is 0 Å². The van der Waals surface area contributed by atoms with Crippen molar-refractivity contribution in [1.29, 1.82) is 0 Å². The molecule has 0 aliphatic carbocycles. The molecule has 0 radical (unpaired) electrons. The van der Waals surface area contributed by atoms with Crippen molar-refractivity contribution in [3.63, 3.8) is 0 Å². The third-order valence-corrected chi connectivity index (χ3v) is 4.11. The number of aryl methyl sites for hydroxylation is 1. The van der Waals surface area contributed by atoms with Gasteiger partial charge in [0.2, 0.25) is 0 Å². The van der Waals surface area contributed by atoms with Gasteiger partial charge in [-0.2, -0.15) is 0 Å². The minimum Gasteiger partial charge on any atom is -0.310 e. The monoisotopic (exact) mass is 295 g/mol. The highest BCUT2D eigenvalue weighted by molar-refractivity contribution is 7.10. The number of rotatable bonds is 6. The molecule has 0 bridgehead atoms. The highest BCUT2D eigenvalue weighted by Crippen LogP contribution is 2.25. The quantitative estimate of drug-likeness (QED) is 0.820. The molecule has 0 fully saturated rings. The summed E-state index contributed by atoms with van der Waals surface area (Å²) in [7, 11) is 0.